The molecule has 1 N–H and O–H groups in total. The number of aryl methyl sites for hydroxylation is 1. The van der Waals surface area contributed by atoms with Crippen molar-refractivity contribution in [3.63, 3.8) is 0 Å². The van der Waals surface area contributed by atoms with Crippen LogP contribution >= 0.6 is 11.3 Å². The van der Waals surface area contributed by atoms with Crippen molar-refractivity contribution in [2.24, 2.45) is 11.8 Å². The zero-order chi connectivity index (χ0) is 15.9. The predicted molar refractivity (Wildman–Crippen MR) is 84.5 cm³/mol. The molecule has 1 aromatic heterocycles. The maximum atomic E-state index is 12.5. The molecule has 0 saturated carbocycles. The fourth-order valence-electron chi connectivity index (χ4n) is 3.27. The van der Waals surface area contributed by atoms with E-state index in [9.17, 15) is 9.59 Å². The van der Waals surface area contributed by atoms with Crippen molar-refractivity contribution in [3.8, 4) is 0 Å². The summed E-state index contributed by atoms with van der Waals surface area (Å²) in [6.07, 6.45) is 0. The minimum Gasteiger partial charge on any atom is -0.336 e. The van der Waals surface area contributed by atoms with E-state index >= 15 is 0 Å². The summed E-state index contributed by atoms with van der Waals surface area (Å²) in [4.78, 5) is 32.7. The first-order valence-electron chi connectivity index (χ1n) is 7.69. The first kappa shape index (κ1) is 15.3. The van der Waals surface area contributed by atoms with Crippen molar-refractivity contribution in [3.05, 3.63) is 16.1 Å². The number of likely N-dealkylation sites (tertiary alicyclic amines) is 2. The lowest BCUT2D eigenvalue weighted by Crippen LogP contribution is -2.43. The van der Waals surface area contributed by atoms with Gasteiger partial charge in [-0.05, 0) is 20.8 Å². The lowest BCUT2D eigenvalue weighted by Gasteiger charge is -2.22. The highest BCUT2D eigenvalue weighted by Gasteiger charge is 2.47. The zero-order valence-corrected chi connectivity index (χ0v) is 14.0. The van der Waals surface area contributed by atoms with Crippen LogP contribution in [0.4, 0.5) is 4.79 Å². The van der Waals surface area contributed by atoms with Gasteiger partial charge in [0.15, 0.2) is 0 Å². The average molecular weight is 322 g/mol. The fourth-order valence-corrected chi connectivity index (χ4v) is 3.87. The number of fused-ring (bicyclic) bond motifs is 1. The van der Waals surface area contributed by atoms with Crippen LogP contribution in [0.3, 0.4) is 0 Å². The second kappa shape index (κ2) is 5.87. The van der Waals surface area contributed by atoms with E-state index in [1.807, 2.05) is 31.1 Å². The Morgan fingerprint density at radius 1 is 1.45 bits per heavy atom. The Hall–Kier alpha value is -1.63. The SMILES string of the molecule is Cc1nc(CN2C[C@@H]3CN(C(=O)NC(C)C)C[C@@H]3C2=O)cs1. The van der Waals surface area contributed by atoms with Crippen molar-refractivity contribution in [2.75, 3.05) is 19.6 Å². The van der Waals surface area contributed by atoms with Crippen LogP contribution in [0, 0.1) is 18.8 Å². The van der Waals surface area contributed by atoms with Gasteiger partial charge in [-0.15, -0.1) is 11.3 Å². The fraction of sp³-hybridized carbons (Fsp3) is 0.667. The lowest BCUT2D eigenvalue weighted by molar-refractivity contribution is -0.131. The molecule has 3 heterocycles. The van der Waals surface area contributed by atoms with E-state index < -0.39 is 0 Å². The summed E-state index contributed by atoms with van der Waals surface area (Å²) in [5, 5.41) is 5.94. The quantitative estimate of drug-likeness (QED) is 0.916. The van der Waals surface area contributed by atoms with E-state index in [4.69, 9.17) is 0 Å². The number of hydrogen-bond acceptors (Lipinski definition) is 4. The van der Waals surface area contributed by atoms with E-state index in [1.165, 1.54) is 0 Å². The number of nitrogens with one attached hydrogen (secondary N) is 1. The van der Waals surface area contributed by atoms with Crippen LogP contribution < -0.4 is 5.32 Å². The van der Waals surface area contributed by atoms with Crippen LogP contribution in [0.15, 0.2) is 5.38 Å². The Balaban J connectivity index is 1.59. The zero-order valence-electron chi connectivity index (χ0n) is 13.2. The van der Waals surface area contributed by atoms with Crippen LogP contribution in [-0.2, 0) is 11.3 Å². The molecule has 0 radical (unpaired) electrons. The largest absolute Gasteiger partial charge is 0.336 e. The molecule has 7 heteroatoms. The van der Waals surface area contributed by atoms with Crippen molar-refractivity contribution in [2.45, 2.75) is 33.4 Å². The predicted octanol–water partition coefficient (Wildman–Crippen LogP) is 1.46. The maximum absolute atomic E-state index is 12.5. The number of rotatable bonds is 3. The number of aromatic nitrogens is 1. The molecular weight excluding hydrogens is 300 g/mol. The summed E-state index contributed by atoms with van der Waals surface area (Å²) in [5.74, 6) is 0.373. The summed E-state index contributed by atoms with van der Waals surface area (Å²) < 4.78 is 0. The average Bonchev–Trinajstić information content (AvgIpc) is 3.09. The normalized spacial score (nSPS) is 24.3. The van der Waals surface area contributed by atoms with Gasteiger partial charge in [0.25, 0.3) is 0 Å². The number of amides is 3. The molecule has 2 aliphatic rings. The van der Waals surface area contributed by atoms with Crippen LogP contribution in [0.5, 0.6) is 0 Å². The second-order valence-corrected chi connectivity index (χ2v) is 7.51. The van der Waals surface area contributed by atoms with Crippen LogP contribution in [0.25, 0.3) is 0 Å². The summed E-state index contributed by atoms with van der Waals surface area (Å²) in [6.45, 7) is 8.38. The maximum Gasteiger partial charge on any atom is 0.317 e. The molecule has 0 aromatic carbocycles. The Labute approximate surface area is 134 Å². The second-order valence-electron chi connectivity index (χ2n) is 6.45. The summed E-state index contributed by atoms with van der Waals surface area (Å²) in [7, 11) is 0. The van der Waals surface area contributed by atoms with Gasteiger partial charge in [0.05, 0.1) is 23.2 Å². The monoisotopic (exact) mass is 322 g/mol. The summed E-state index contributed by atoms with van der Waals surface area (Å²) >= 11 is 1.61. The number of hydrogen-bond donors (Lipinski definition) is 1. The molecule has 2 atom stereocenters. The third kappa shape index (κ3) is 2.95. The van der Waals surface area contributed by atoms with E-state index in [-0.39, 0.29) is 29.8 Å². The number of carbonyl (C=O) groups is 2. The highest BCUT2D eigenvalue weighted by Crippen LogP contribution is 2.33. The molecule has 0 bridgehead atoms. The van der Waals surface area contributed by atoms with Gasteiger partial charge in [-0.1, -0.05) is 0 Å². The van der Waals surface area contributed by atoms with E-state index in [1.54, 1.807) is 16.2 Å². The van der Waals surface area contributed by atoms with E-state index in [0.29, 0.717) is 19.6 Å². The van der Waals surface area contributed by atoms with Gasteiger partial charge in [0.2, 0.25) is 5.91 Å². The molecule has 22 heavy (non-hydrogen) atoms. The Morgan fingerprint density at radius 2 is 2.23 bits per heavy atom. The minimum atomic E-state index is -0.0566. The number of carbonyl (C=O) groups excluding carboxylic acids is 2. The Morgan fingerprint density at radius 3 is 2.82 bits per heavy atom. The molecular formula is C15H22N4O2S. The summed E-state index contributed by atoms with van der Waals surface area (Å²) in [5.41, 5.74) is 0.963. The van der Waals surface area contributed by atoms with Crippen LogP contribution in [-0.4, -0.2) is 52.4 Å². The van der Waals surface area contributed by atoms with Crippen molar-refractivity contribution < 1.29 is 9.59 Å². The van der Waals surface area contributed by atoms with Crippen LogP contribution in [0.2, 0.25) is 0 Å². The van der Waals surface area contributed by atoms with Crippen molar-refractivity contribution >= 4 is 23.3 Å². The third-order valence-corrected chi connectivity index (χ3v) is 5.07. The van der Waals surface area contributed by atoms with Crippen molar-refractivity contribution in [1.29, 1.82) is 0 Å². The standard InChI is InChI=1S/C15H22N4O2S/c1-9(2)16-15(21)19-5-11-4-18(14(20)13(11)7-19)6-12-8-22-10(3)17-12/h8-9,11,13H,4-7H2,1-3H3,(H,16,21)/t11-,13+/m1/s1. The van der Waals surface area contributed by atoms with Gasteiger partial charge >= 0.3 is 6.03 Å². The molecule has 120 valence electrons. The van der Waals surface area contributed by atoms with E-state index in [0.717, 1.165) is 17.2 Å². The van der Waals surface area contributed by atoms with Gasteiger partial charge in [-0.3, -0.25) is 4.79 Å². The molecule has 2 aliphatic heterocycles. The van der Waals surface area contributed by atoms with Crippen molar-refractivity contribution in [1.82, 2.24) is 20.1 Å². The highest BCUT2D eigenvalue weighted by molar-refractivity contribution is 7.09. The lowest BCUT2D eigenvalue weighted by atomic mass is 10.0. The van der Waals surface area contributed by atoms with Gasteiger partial charge < -0.3 is 15.1 Å². The highest BCUT2D eigenvalue weighted by atomic mass is 32.1. The van der Waals surface area contributed by atoms with Gasteiger partial charge in [0, 0.05) is 37.0 Å². The Bertz CT molecular complexity index is 586. The number of urea groups is 1. The van der Waals surface area contributed by atoms with Gasteiger partial charge in [0.1, 0.15) is 0 Å². The van der Waals surface area contributed by atoms with E-state index in [2.05, 4.69) is 10.3 Å². The number of nitrogens with zero attached hydrogens (tertiary/aromatic N) is 3. The first-order valence-corrected chi connectivity index (χ1v) is 8.57. The third-order valence-electron chi connectivity index (χ3n) is 4.24. The molecule has 0 aliphatic carbocycles. The molecule has 0 unspecified atom stereocenters. The van der Waals surface area contributed by atoms with Gasteiger partial charge in [-0.25, -0.2) is 9.78 Å². The van der Waals surface area contributed by atoms with Crippen LogP contribution in [0.1, 0.15) is 24.5 Å². The van der Waals surface area contributed by atoms with Gasteiger partial charge in [-0.2, -0.15) is 0 Å². The minimum absolute atomic E-state index is 0.0438. The topological polar surface area (TPSA) is 65.5 Å². The number of thiazole rings is 1. The molecule has 2 fully saturated rings. The molecule has 3 rings (SSSR count). The summed E-state index contributed by atoms with van der Waals surface area (Å²) in [6, 6.07) is 0.0620. The molecule has 1 aromatic rings. The molecule has 2 saturated heterocycles. The smallest absolute Gasteiger partial charge is 0.317 e. The Kier molecular flexibility index (Phi) is 4.08. The molecule has 3 amide bonds. The molecule has 0 spiro atoms. The first-order chi connectivity index (χ1) is 10.4. The molecule has 6 nitrogen and oxygen atoms in total.